The Morgan fingerprint density at radius 3 is 2.91 bits per heavy atom. The number of thiophene rings is 1. The van der Waals surface area contributed by atoms with E-state index in [4.69, 9.17) is 0 Å². The predicted molar refractivity (Wildman–Crippen MR) is 93.3 cm³/mol. The Morgan fingerprint density at radius 1 is 1.35 bits per heavy atom. The van der Waals surface area contributed by atoms with E-state index in [1.54, 1.807) is 0 Å². The fourth-order valence-electron chi connectivity index (χ4n) is 3.03. The molecule has 2 aromatic rings. The number of hydrogen-bond donors (Lipinski definition) is 1. The Bertz CT molecular complexity index is 649. The van der Waals surface area contributed by atoms with E-state index in [0.29, 0.717) is 6.42 Å². The van der Waals surface area contributed by atoms with Gasteiger partial charge in [0.05, 0.1) is 24.0 Å². The molecule has 3 heterocycles. The maximum Gasteiger partial charge on any atom is 0.0975 e. The second-order valence-electron chi connectivity index (χ2n) is 6.58. The summed E-state index contributed by atoms with van der Waals surface area (Å²) in [6.45, 7) is 6.80. The first kappa shape index (κ1) is 16.6. The Balaban J connectivity index is 1.63. The fraction of sp³-hybridized carbons (Fsp3) is 0.588. The van der Waals surface area contributed by atoms with E-state index >= 15 is 0 Å². The number of aliphatic hydroxyl groups excluding tert-OH is 1. The van der Waals surface area contributed by atoms with Crippen LogP contribution in [0.4, 0.5) is 0 Å². The fourth-order valence-corrected chi connectivity index (χ4v) is 3.95. The van der Waals surface area contributed by atoms with Gasteiger partial charge in [-0.1, -0.05) is 6.92 Å². The summed E-state index contributed by atoms with van der Waals surface area (Å²) in [5.41, 5.74) is 3.42. The molecule has 2 aromatic heterocycles. The molecule has 0 aliphatic carbocycles. The van der Waals surface area contributed by atoms with Gasteiger partial charge in [0.1, 0.15) is 0 Å². The second-order valence-corrected chi connectivity index (χ2v) is 7.57. The monoisotopic (exact) mass is 334 g/mol. The van der Waals surface area contributed by atoms with Crippen LogP contribution >= 0.6 is 11.3 Å². The quantitative estimate of drug-likeness (QED) is 0.881. The van der Waals surface area contributed by atoms with Crippen LogP contribution < -0.4 is 0 Å². The second kappa shape index (κ2) is 7.13. The molecule has 0 spiro atoms. The zero-order chi connectivity index (χ0) is 16.4. The molecule has 126 valence electrons. The van der Waals surface area contributed by atoms with Crippen molar-refractivity contribution in [2.75, 3.05) is 20.6 Å². The van der Waals surface area contributed by atoms with E-state index in [-0.39, 0.29) is 0 Å². The van der Waals surface area contributed by atoms with Gasteiger partial charge in [0.25, 0.3) is 0 Å². The van der Waals surface area contributed by atoms with Gasteiger partial charge >= 0.3 is 0 Å². The molecule has 1 aliphatic heterocycles. The maximum atomic E-state index is 9.96. The van der Waals surface area contributed by atoms with Gasteiger partial charge in [0.15, 0.2) is 0 Å². The first-order chi connectivity index (χ1) is 11.0. The average molecular weight is 334 g/mol. The first-order valence-corrected chi connectivity index (χ1v) is 9.11. The van der Waals surface area contributed by atoms with Crippen LogP contribution in [0.25, 0.3) is 0 Å². The third-order valence-corrected chi connectivity index (χ3v) is 5.18. The molecule has 23 heavy (non-hydrogen) atoms. The molecule has 1 atom stereocenters. The molecule has 0 saturated carbocycles. The molecular weight excluding hydrogens is 308 g/mol. The molecule has 5 nitrogen and oxygen atoms in total. The number of aliphatic hydroxyl groups is 1. The number of rotatable bonds is 6. The van der Waals surface area contributed by atoms with Crippen molar-refractivity contribution in [2.45, 2.75) is 45.6 Å². The molecule has 0 unspecified atom stereocenters. The van der Waals surface area contributed by atoms with Crippen LogP contribution in [-0.4, -0.2) is 45.3 Å². The van der Waals surface area contributed by atoms with E-state index in [9.17, 15) is 5.11 Å². The highest BCUT2D eigenvalue weighted by molar-refractivity contribution is 7.10. The SMILES string of the molecule is CC[C@@H](O)c1cc2n(n1)CCN(Cc1cc(CN(C)C)cs1)C2. The Labute approximate surface area is 142 Å². The molecule has 1 N–H and O–H groups in total. The Hall–Kier alpha value is -1.21. The van der Waals surface area contributed by atoms with Crippen LogP contribution in [0.2, 0.25) is 0 Å². The summed E-state index contributed by atoms with van der Waals surface area (Å²) >= 11 is 1.85. The van der Waals surface area contributed by atoms with Gasteiger partial charge < -0.3 is 10.0 Å². The summed E-state index contributed by atoms with van der Waals surface area (Å²) < 4.78 is 2.05. The van der Waals surface area contributed by atoms with Crippen molar-refractivity contribution in [2.24, 2.45) is 0 Å². The van der Waals surface area contributed by atoms with Gasteiger partial charge in [-0.25, -0.2) is 0 Å². The summed E-state index contributed by atoms with van der Waals surface area (Å²) in [5.74, 6) is 0. The Kier molecular flexibility index (Phi) is 5.16. The van der Waals surface area contributed by atoms with Gasteiger partial charge in [-0.2, -0.15) is 5.10 Å². The lowest BCUT2D eigenvalue weighted by atomic mass is 10.2. The molecule has 0 fully saturated rings. The van der Waals surface area contributed by atoms with Crippen molar-refractivity contribution in [1.82, 2.24) is 19.6 Å². The topological polar surface area (TPSA) is 44.5 Å². The molecule has 0 bridgehead atoms. The van der Waals surface area contributed by atoms with Crippen LogP contribution in [0.15, 0.2) is 17.5 Å². The minimum absolute atomic E-state index is 0.438. The molecule has 0 saturated heterocycles. The maximum absolute atomic E-state index is 9.96. The van der Waals surface area contributed by atoms with E-state index < -0.39 is 6.10 Å². The zero-order valence-corrected chi connectivity index (χ0v) is 15.0. The van der Waals surface area contributed by atoms with Crippen molar-refractivity contribution in [3.63, 3.8) is 0 Å². The normalized spacial score (nSPS) is 16.7. The van der Waals surface area contributed by atoms with E-state index in [2.05, 4.69) is 51.2 Å². The molecule has 1 aliphatic rings. The summed E-state index contributed by atoms with van der Waals surface area (Å²) in [7, 11) is 4.21. The summed E-state index contributed by atoms with van der Waals surface area (Å²) in [6, 6.07) is 4.38. The molecular formula is C17H26N4OS. The lowest BCUT2D eigenvalue weighted by Gasteiger charge is -2.26. The van der Waals surface area contributed by atoms with Gasteiger partial charge in [-0.15, -0.1) is 11.3 Å². The summed E-state index contributed by atoms with van der Waals surface area (Å²) in [4.78, 5) is 6.08. The van der Waals surface area contributed by atoms with Crippen molar-refractivity contribution >= 4 is 11.3 Å². The van der Waals surface area contributed by atoms with Gasteiger partial charge in [-0.05, 0) is 43.6 Å². The molecule has 0 aromatic carbocycles. The summed E-state index contributed by atoms with van der Waals surface area (Å²) in [5, 5.41) is 16.8. The number of nitrogens with zero attached hydrogens (tertiary/aromatic N) is 4. The minimum atomic E-state index is -0.438. The number of fused-ring (bicyclic) bond motifs is 1. The van der Waals surface area contributed by atoms with Crippen molar-refractivity contribution < 1.29 is 5.11 Å². The predicted octanol–water partition coefficient (Wildman–Crippen LogP) is 2.47. The zero-order valence-electron chi connectivity index (χ0n) is 14.2. The highest BCUT2D eigenvalue weighted by Crippen LogP contribution is 2.23. The van der Waals surface area contributed by atoms with Crippen LogP contribution in [0.3, 0.4) is 0 Å². The highest BCUT2D eigenvalue weighted by atomic mass is 32.1. The van der Waals surface area contributed by atoms with Gasteiger partial charge in [0, 0.05) is 31.1 Å². The van der Waals surface area contributed by atoms with Crippen LogP contribution in [0.1, 0.15) is 41.3 Å². The van der Waals surface area contributed by atoms with E-state index in [1.807, 2.05) is 18.3 Å². The lowest BCUT2D eigenvalue weighted by molar-refractivity contribution is 0.166. The molecule has 6 heteroatoms. The van der Waals surface area contributed by atoms with Crippen molar-refractivity contribution in [1.29, 1.82) is 0 Å². The molecule has 3 rings (SSSR count). The lowest BCUT2D eigenvalue weighted by Crippen LogP contribution is -2.33. The molecule has 0 radical (unpaired) electrons. The molecule has 0 amide bonds. The van der Waals surface area contributed by atoms with Crippen molar-refractivity contribution in [3.05, 3.63) is 39.3 Å². The number of hydrogen-bond acceptors (Lipinski definition) is 5. The van der Waals surface area contributed by atoms with Crippen molar-refractivity contribution in [3.8, 4) is 0 Å². The van der Waals surface area contributed by atoms with Gasteiger partial charge in [-0.3, -0.25) is 9.58 Å². The van der Waals surface area contributed by atoms with Crippen LogP contribution in [0.5, 0.6) is 0 Å². The largest absolute Gasteiger partial charge is 0.387 e. The summed E-state index contributed by atoms with van der Waals surface area (Å²) in [6.07, 6.45) is 0.275. The average Bonchev–Trinajstić information content (AvgIpc) is 3.12. The third kappa shape index (κ3) is 4.01. The minimum Gasteiger partial charge on any atom is -0.387 e. The van der Waals surface area contributed by atoms with E-state index in [1.165, 1.54) is 16.1 Å². The van der Waals surface area contributed by atoms with Crippen LogP contribution in [0, 0.1) is 0 Å². The van der Waals surface area contributed by atoms with Gasteiger partial charge in [0.2, 0.25) is 0 Å². The standard InChI is InChI=1S/C17H26N4OS/c1-4-17(22)16-8-14-10-20(5-6-21(14)18-16)11-15-7-13(12-23-15)9-19(2)3/h7-8,12,17,22H,4-6,9-11H2,1-3H3/t17-/m1/s1. The first-order valence-electron chi connectivity index (χ1n) is 8.23. The smallest absolute Gasteiger partial charge is 0.0975 e. The number of aromatic nitrogens is 2. The Morgan fingerprint density at radius 2 is 2.17 bits per heavy atom. The van der Waals surface area contributed by atoms with E-state index in [0.717, 1.165) is 38.4 Å². The third-order valence-electron chi connectivity index (χ3n) is 4.21. The van der Waals surface area contributed by atoms with Crippen LogP contribution in [-0.2, 0) is 26.2 Å². The highest BCUT2D eigenvalue weighted by Gasteiger charge is 2.21.